The molecule has 1 amide bonds. The molecule has 0 bridgehead atoms. The summed E-state index contributed by atoms with van der Waals surface area (Å²) in [7, 11) is -1.48. The summed E-state index contributed by atoms with van der Waals surface area (Å²) in [6, 6.07) is -0.255. The summed E-state index contributed by atoms with van der Waals surface area (Å²) in [4.78, 5) is 14.0. The van der Waals surface area contributed by atoms with Crippen molar-refractivity contribution in [3.8, 4) is 0 Å². The summed E-state index contributed by atoms with van der Waals surface area (Å²) < 4.78 is 34.5. The SMILES string of the molecule is CCOCCOC(C)C(=O)N(C)C1CCCCC1S(C)(=O)=O. The second-order valence-electron chi connectivity index (χ2n) is 5.88. The van der Waals surface area contributed by atoms with Gasteiger partial charge >= 0.3 is 0 Å². The smallest absolute Gasteiger partial charge is 0.251 e. The second kappa shape index (κ2) is 8.84. The van der Waals surface area contributed by atoms with E-state index in [-0.39, 0.29) is 11.9 Å². The van der Waals surface area contributed by atoms with Gasteiger partial charge in [-0.3, -0.25) is 4.79 Å². The molecular formula is C15H29NO5S. The van der Waals surface area contributed by atoms with Crippen LogP contribution in [0.5, 0.6) is 0 Å². The van der Waals surface area contributed by atoms with Crippen molar-refractivity contribution in [2.45, 2.75) is 56.9 Å². The predicted molar refractivity (Wildman–Crippen MR) is 85.6 cm³/mol. The summed E-state index contributed by atoms with van der Waals surface area (Å²) in [5.74, 6) is -0.169. The van der Waals surface area contributed by atoms with Crippen molar-refractivity contribution in [3.05, 3.63) is 0 Å². The average Bonchev–Trinajstić information content (AvgIpc) is 2.49. The summed E-state index contributed by atoms with van der Waals surface area (Å²) in [6.45, 7) is 5.02. The number of rotatable bonds is 8. The first-order chi connectivity index (χ1) is 10.3. The van der Waals surface area contributed by atoms with Gasteiger partial charge in [-0.2, -0.15) is 0 Å². The summed E-state index contributed by atoms with van der Waals surface area (Å²) in [5.41, 5.74) is 0. The predicted octanol–water partition coefficient (Wildman–Crippen LogP) is 1.24. The Morgan fingerprint density at radius 1 is 1.27 bits per heavy atom. The first-order valence-corrected chi connectivity index (χ1v) is 9.89. The third kappa shape index (κ3) is 5.52. The van der Waals surface area contributed by atoms with Gasteiger partial charge in [-0.25, -0.2) is 8.42 Å². The minimum atomic E-state index is -3.16. The van der Waals surface area contributed by atoms with Crippen LogP contribution in [-0.4, -0.2) is 69.7 Å². The van der Waals surface area contributed by atoms with E-state index < -0.39 is 21.2 Å². The second-order valence-corrected chi connectivity index (χ2v) is 8.14. The molecule has 0 saturated heterocycles. The third-order valence-electron chi connectivity index (χ3n) is 4.21. The Kier molecular flexibility index (Phi) is 7.79. The maximum atomic E-state index is 12.4. The van der Waals surface area contributed by atoms with Crippen LogP contribution in [0.4, 0.5) is 0 Å². The normalized spacial score (nSPS) is 24.0. The van der Waals surface area contributed by atoms with E-state index in [9.17, 15) is 13.2 Å². The molecule has 1 saturated carbocycles. The Hall–Kier alpha value is -0.660. The minimum Gasteiger partial charge on any atom is -0.379 e. The Labute approximate surface area is 134 Å². The first-order valence-electron chi connectivity index (χ1n) is 7.94. The molecule has 0 aliphatic heterocycles. The molecule has 3 atom stereocenters. The first kappa shape index (κ1) is 19.4. The molecule has 1 rings (SSSR count). The quantitative estimate of drug-likeness (QED) is 0.624. The molecule has 0 aromatic rings. The van der Waals surface area contributed by atoms with E-state index >= 15 is 0 Å². The van der Waals surface area contributed by atoms with Crippen molar-refractivity contribution in [1.82, 2.24) is 4.90 Å². The van der Waals surface area contributed by atoms with Crippen molar-refractivity contribution < 1.29 is 22.7 Å². The Morgan fingerprint density at radius 2 is 1.91 bits per heavy atom. The van der Waals surface area contributed by atoms with Crippen LogP contribution in [-0.2, 0) is 24.1 Å². The van der Waals surface area contributed by atoms with E-state index in [1.54, 1.807) is 18.9 Å². The molecule has 22 heavy (non-hydrogen) atoms. The molecule has 0 N–H and O–H groups in total. The molecule has 1 aliphatic rings. The van der Waals surface area contributed by atoms with Gasteiger partial charge in [0.25, 0.3) is 5.91 Å². The Bertz CT molecular complexity index is 451. The van der Waals surface area contributed by atoms with Crippen LogP contribution in [0.15, 0.2) is 0 Å². The van der Waals surface area contributed by atoms with Crippen LogP contribution in [0.2, 0.25) is 0 Å². The monoisotopic (exact) mass is 335 g/mol. The molecule has 6 nitrogen and oxygen atoms in total. The maximum absolute atomic E-state index is 12.4. The van der Waals surface area contributed by atoms with Crippen molar-refractivity contribution in [2.75, 3.05) is 33.1 Å². The van der Waals surface area contributed by atoms with E-state index in [1.165, 1.54) is 6.26 Å². The lowest BCUT2D eigenvalue weighted by Crippen LogP contribution is -2.51. The lowest BCUT2D eigenvalue weighted by atomic mass is 9.93. The van der Waals surface area contributed by atoms with Gasteiger partial charge < -0.3 is 14.4 Å². The average molecular weight is 335 g/mol. The number of amides is 1. The molecular weight excluding hydrogens is 306 g/mol. The van der Waals surface area contributed by atoms with Gasteiger partial charge in [0.2, 0.25) is 0 Å². The van der Waals surface area contributed by atoms with Crippen LogP contribution < -0.4 is 0 Å². The highest BCUT2D eigenvalue weighted by Crippen LogP contribution is 2.27. The zero-order valence-corrected chi connectivity index (χ0v) is 14.9. The van der Waals surface area contributed by atoms with Crippen LogP contribution in [0, 0.1) is 0 Å². The van der Waals surface area contributed by atoms with Gasteiger partial charge in [0.15, 0.2) is 9.84 Å². The van der Waals surface area contributed by atoms with Crippen LogP contribution in [0.25, 0.3) is 0 Å². The van der Waals surface area contributed by atoms with Gasteiger partial charge in [-0.05, 0) is 26.7 Å². The van der Waals surface area contributed by atoms with Crippen molar-refractivity contribution >= 4 is 15.7 Å². The van der Waals surface area contributed by atoms with Crippen molar-refractivity contribution in [1.29, 1.82) is 0 Å². The molecule has 1 aliphatic carbocycles. The summed E-state index contributed by atoms with van der Waals surface area (Å²) in [6.07, 6.45) is 3.88. The van der Waals surface area contributed by atoms with E-state index in [0.717, 1.165) is 19.3 Å². The number of ether oxygens (including phenoxy) is 2. The van der Waals surface area contributed by atoms with Crippen molar-refractivity contribution in [2.24, 2.45) is 0 Å². The fourth-order valence-corrected chi connectivity index (χ4v) is 4.45. The Morgan fingerprint density at radius 3 is 2.50 bits per heavy atom. The lowest BCUT2D eigenvalue weighted by Gasteiger charge is -2.37. The van der Waals surface area contributed by atoms with Gasteiger partial charge in [0.1, 0.15) is 6.10 Å². The zero-order chi connectivity index (χ0) is 16.8. The summed E-state index contributed by atoms with van der Waals surface area (Å²) in [5, 5.41) is -0.467. The van der Waals surface area contributed by atoms with E-state index in [0.29, 0.717) is 26.2 Å². The fraction of sp³-hybridized carbons (Fsp3) is 0.933. The highest BCUT2D eigenvalue weighted by molar-refractivity contribution is 7.91. The number of nitrogens with zero attached hydrogens (tertiary/aromatic N) is 1. The highest BCUT2D eigenvalue weighted by Gasteiger charge is 2.37. The molecule has 0 aromatic carbocycles. The molecule has 3 unspecified atom stereocenters. The van der Waals surface area contributed by atoms with Crippen LogP contribution in [0.3, 0.4) is 0 Å². The number of carbonyl (C=O) groups excluding carboxylic acids is 1. The van der Waals surface area contributed by atoms with Crippen molar-refractivity contribution in [3.63, 3.8) is 0 Å². The van der Waals surface area contributed by atoms with E-state index in [4.69, 9.17) is 9.47 Å². The Balaban J connectivity index is 2.63. The topological polar surface area (TPSA) is 72.9 Å². The lowest BCUT2D eigenvalue weighted by molar-refractivity contribution is -0.144. The minimum absolute atomic E-state index is 0.169. The fourth-order valence-electron chi connectivity index (χ4n) is 2.97. The number of sulfone groups is 1. The van der Waals surface area contributed by atoms with Gasteiger partial charge in [-0.1, -0.05) is 12.8 Å². The van der Waals surface area contributed by atoms with Gasteiger partial charge in [0, 0.05) is 26.0 Å². The number of carbonyl (C=O) groups is 1. The standard InChI is InChI=1S/C15H29NO5S/c1-5-20-10-11-21-12(2)15(17)16(3)13-8-6-7-9-14(13)22(4,18)19/h12-14H,5-11H2,1-4H3. The molecule has 130 valence electrons. The molecule has 0 spiro atoms. The molecule has 7 heteroatoms. The van der Waals surface area contributed by atoms with Crippen LogP contribution in [0.1, 0.15) is 39.5 Å². The third-order valence-corrected chi connectivity index (χ3v) is 5.86. The van der Waals surface area contributed by atoms with Crippen LogP contribution >= 0.6 is 0 Å². The number of hydrogen-bond acceptors (Lipinski definition) is 5. The number of likely N-dealkylation sites (N-methyl/N-ethyl adjacent to an activating group) is 1. The number of hydrogen-bond donors (Lipinski definition) is 0. The highest BCUT2D eigenvalue weighted by atomic mass is 32.2. The summed E-state index contributed by atoms with van der Waals surface area (Å²) >= 11 is 0. The molecule has 1 fully saturated rings. The largest absolute Gasteiger partial charge is 0.379 e. The van der Waals surface area contributed by atoms with Gasteiger partial charge in [-0.15, -0.1) is 0 Å². The van der Waals surface area contributed by atoms with E-state index in [2.05, 4.69) is 0 Å². The molecule has 0 heterocycles. The van der Waals surface area contributed by atoms with E-state index in [1.807, 2.05) is 6.92 Å². The molecule has 0 aromatic heterocycles. The molecule has 0 radical (unpaired) electrons. The zero-order valence-electron chi connectivity index (χ0n) is 14.1. The van der Waals surface area contributed by atoms with Gasteiger partial charge in [0.05, 0.1) is 18.5 Å². The maximum Gasteiger partial charge on any atom is 0.251 e.